The van der Waals surface area contributed by atoms with Gasteiger partial charge in [0, 0.05) is 23.2 Å². The van der Waals surface area contributed by atoms with Gasteiger partial charge in [-0.3, -0.25) is 4.98 Å². The maximum atomic E-state index is 5.63. The summed E-state index contributed by atoms with van der Waals surface area (Å²) in [4.78, 5) is 4.86. The number of hydrogen-bond donors (Lipinski definition) is 1. The van der Waals surface area contributed by atoms with Crippen molar-refractivity contribution in [3.05, 3.63) is 29.1 Å². The highest BCUT2D eigenvalue weighted by Crippen LogP contribution is 2.44. The second-order valence-corrected chi connectivity index (χ2v) is 4.87. The molecule has 0 atom stereocenters. The predicted molar refractivity (Wildman–Crippen MR) is 60.9 cm³/mol. The fourth-order valence-corrected chi connectivity index (χ4v) is 2.20. The molecular weight excluding hydrogens is 184 g/mol. The second kappa shape index (κ2) is 3.60. The smallest absolute Gasteiger partial charge is 0.0470 e. The molecular formula is C13H18N2. The number of nitrogens with zero attached hydrogens (tertiary/aromatic N) is 1. The highest BCUT2D eigenvalue weighted by atomic mass is 14.8. The Morgan fingerprint density at radius 1 is 1.13 bits per heavy atom. The number of pyridine rings is 1. The van der Waals surface area contributed by atoms with Gasteiger partial charge in [-0.25, -0.2) is 0 Å². The van der Waals surface area contributed by atoms with E-state index in [9.17, 15) is 0 Å². The largest absolute Gasteiger partial charge is 0.330 e. The highest BCUT2D eigenvalue weighted by Gasteiger charge is 2.30. The molecule has 80 valence electrons. The van der Waals surface area contributed by atoms with E-state index in [0.717, 1.165) is 24.8 Å². The van der Waals surface area contributed by atoms with E-state index in [0.29, 0.717) is 0 Å². The fourth-order valence-electron chi connectivity index (χ4n) is 2.20. The Morgan fingerprint density at radius 2 is 1.87 bits per heavy atom. The van der Waals surface area contributed by atoms with Gasteiger partial charge < -0.3 is 5.73 Å². The molecule has 0 unspecified atom stereocenters. The van der Waals surface area contributed by atoms with Crippen molar-refractivity contribution in [3.63, 3.8) is 0 Å². The Hall–Kier alpha value is -0.890. The molecule has 0 amide bonds. The molecule has 0 aromatic carbocycles. The Kier molecular flexibility index (Phi) is 2.24. The van der Waals surface area contributed by atoms with Gasteiger partial charge in [0.25, 0.3) is 0 Å². The molecule has 2 nitrogen and oxygen atoms in total. The third kappa shape index (κ3) is 1.91. The van der Waals surface area contributed by atoms with Gasteiger partial charge in [-0.15, -0.1) is 0 Å². The molecule has 2 saturated carbocycles. The van der Waals surface area contributed by atoms with Gasteiger partial charge >= 0.3 is 0 Å². The van der Waals surface area contributed by atoms with Gasteiger partial charge in [0.05, 0.1) is 0 Å². The molecule has 1 aromatic rings. The van der Waals surface area contributed by atoms with Gasteiger partial charge in [0.15, 0.2) is 0 Å². The van der Waals surface area contributed by atoms with Gasteiger partial charge in [0.2, 0.25) is 0 Å². The van der Waals surface area contributed by atoms with E-state index in [1.165, 1.54) is 42.6 Å². The number of aromatic nitrogens is 1. The van der Waals surface area contributed by atoms with Crippen LogP contribution in [0, 0.1) is 0 Å². The van der Waals surface area contributed by atoms with Crippen molar-refractivity contribution in [2.24, 2.45) is 5.73 Å². The Labute approximate surface area is 90.9 Å². The number of nitrogens with two attached hydrogens (primary N) is 1. The van der Waals surface area contributed by atoms with Gasteiger partial charge in [-0.2, -0.15) is 0 Å². The first-order valence-electron chi connectivity index (χ1n) is 6.08. The maximum absolute atomic E-state index is 5.63. The quantitative estimate of drug-likeness (QED) is 0.814. The van der Waals surface area contributed by atoms with Crippen LogP contribution >= 0.6 is 0 Å². The van der Waals surface area contributed by atoms with Crippen LogP contribution in [0.5, 0.6) is 0 Å². The van der Waals surface area contributed by atoms with Crippen LogP contribution in [0.3, 0.4) is 0 Å². The van der Waals surface area contributed by atoms with Crippen molar-refractivity contribution in [2.75, 3.05) is 6.54 Å². The van der Waals surface area contributed by atoms with Crippen LogP contribution in [-0.4, -0.2) is 11.5 Å². The lowest BCUT2D eigenvalue weighted by Crippen LogP contribution is -2.07. The zero-order chi connectivity index (χ0) is 10.3. The molecule has 2 heteroatoms. The van der Waals surface area contributed by atoms with E-state index in [1.54, 1.807) is 0 Å². The van der Waals surface area contributed by atoms with Crippen molar-refractivity contribution in [3.8, 4) is 0 Å². The third-order valence-electron chi connectivity index (χ3n) is 3.41. The van der Waals surface area contributed by atoms with Crippen molar-refractivity contribution in [1.29, 1.82) is 0 Å². The minimum atomic E-state index is 0.740. The molecule has 1 aromatic heterocycles. The van der Waals surface area contributed by atoms with E-state index in [2.05, 4.69) is 12.1 Å². The van der Waals surface area contributed by atoms with Crippen LogP contribution in [0.1, 0.15) is 54.5 Å². The van der Waals surface area contributed by atoms with Crippen LogP contribution in [-0.2, 0) is 6.42 Å². The molecule has 2 aliphatic rings. The summed E-state index contributed by atoms with van der Waals surface area (Å²) in [5, 5.41) is 0. The summed E-state index contributed by atoms with van der Waals surface area (Å²) in [6.07, 6.45) is 6.34. The third-order valence-corrected chi connectivity index (χ3v) is 3.41. The minimum absolute atomic E-state index is 0.740. The average Bonchev–Trinajstić information content (AvgIpc) is 3.12. The highest BCUT2D eigenvalue weighted by molar-refractivity contribution is 5.31. The molecule has 0 radical (unpaired) electrons. The monoisotopic (exact) mass is 202 g/mol. The van der Waals surface area contributed by atoms with Crippen molar-refractivity contribution < 1.29 is 0 Å². The topological polar surface area (TPSA) is 38.9 Å². The van der Waals surface area contributed by atoms with Crippen LogP contribution in [0.4, 0.5) is 0 Å². The number of hydrogen-bond acceptors (Lipinski definition) is 2. The molecule has 1 heterocycles. The first-order valence-corrected chi connectivity index (χ1v) is 6.08. The molecule has 0 saturated heterocycles. The van der Waals surface area contributed by atoms with Gasteiger partial charge in [-0.05, 0) is 50.3 Å². The van der Waals surface area contributed by atoms with E-state index in [4.69, 9.17) is 10.7 Å². The lowest BCUT2D eigenvalue weighted by molar-refractivity contribution is 0.871. The first-order chi connectivity index (χ1) is 7.38. The molecule has 2 fully saturated rings. The van der Waals surface area contributed by atoms with Gasteiger partial charge in [-0.1, -0.05) is 6.07 Å². The molecule has 2 aliphatic carbocycles. The Bertz CT molecular complexity index is 365. The zero-order valence-electron chi connectivity index (χ0n) is 9.08. The summed E-state index contributed by atoms with van der Waals surface area (Å²) in [6.45, 7) is 0.740. The molecule has 3 rings (SSSR count). The zero-order valence-corrected chi connectivity index (χ0v) is 9.08. The maximum Gasteiger partial charge on any atom is 0.0470 e. The van der Waals surface area contributed by atoms with Crippen LogP contribution < -0.4 is 5.73 Å². The standard InChI is InChI=1S/C13H18N2/c14-8-7-11-5-6-12(9-1-2-9)15-13(11)10-3-4-10/h5-6,9-10H,1-4,7-8,14H2. The van der Waals surface area contributed by atoms with E-state index >= 15 is 0 Å². The molecule has 15 heavy (non-hydrogen) atoms. The van der Waals surface area contributed by atoms with Crippen molar-refractivity contribution in [2.45, 2.75) is 43.9 Å². The van der Waals surface area contributed by atoms with Crippen molar-refractivity contribution >= 4 is 0 Å². The van der Waals surface area contributed by atoms with E-state index in [1.807, 2.05) is 0 Å². The summed E-state index contributed by atoms with van der Waals surface area (Å²) >= 11 is 0. The van der Waals surface area contributed by atoms with E-state index in [-0.39, 0.29) is 0 Å². The van der Waals surface area contributed by atoms with E-state index < -0.39 is 0 Å². The lowest BCUT2D eigenvalue weighted by Gasteiger charge is -2.09. The second-order valence-electron chi connectivity index (χ2n) is 4.87. The summed E-state index contributed by atoms with van der Waals surface area (Å²) in [5.74, 6) is 1.53. The summed E-state index contributed by atoms with van der Waals surface area (Å²) in [5.41, 5.74) is 9.72. The predicted octanol–water partition coefficient (Wildman–Crippen LogP) is 2.34. The fraction of sp³-hybridized carbons (Fsp3) is 0.615. The average molecular weight is 202 g/mol. The number of rotatable bonds is 4. The Morgan fingerprint density at radius 3 is 2.47 bits per heavy atom. The summed E-state index contributed by atoms with van der Waals surface area (Å²) in [6, 6.07) is 4.48. The van der Waals surface area contributed by atoms with Crippen molar-refractivity contribution in [1.82, 2.24) is 4.98 Å². The molecule has 0 aliphatic heterocycles. The lowest BCUT2D eigenvalue weighted by atomic mass is 10.1. The summed E-state index contributed by atoms with van der Waals surface area (Å²) in [7, 11) is 0. The normalized spacial score (nSPS) is 20.6. The molecule has 0 bridgehead atoms. The van der Waals surface area contributed by atoms with Crippen LogP contribution in [0.25, 0.3) is 0 Å². The van der Waals surface area contributed by atoms with Gasteiger partial charge in [0.1, 0.15) is 0 Å². The molecule has 0 spiro atoms. The van der Waals surface area contributed by atoms with Crippen LogP contribution in [0.15, 0.2) is 12.1 Å². The first kappa shape index (κ1) is 9.34. The Balaban J connectivity index is 1.92. The van der Waals surface area contributed by atoms with Crippen LogP contribution in [0.2, 0.25) is 0 Å². The SMILES string of the molecule is NCCc1ccc(C2CC2)nc1C1CC1. The summed E-state index contributed by atoms with van der Waals surface area (Å²) < 4.78 is 0. The minimum Gasteiger partial charge on any atom is -0.330 e. The molecule has 2 N–H and O–H groups in total.